The van der Waals surface area contributed by atoms with E-state index in [9.17, 15) is 0 Å². The number of aromatic nitrogens is 4. The van der Waals surface area contributed by atoms with E-state index in [1.807, 2.05) is 84.1 Å². The van der Waals surface area contributed by atoms with E-state index in [0.29, 0.717) is 17.5 Å². The lowest BCUT2D eigenvalue weighted by molar-refractivity contribution is 0.476. The molecule has 0 N–H and O–H groups in total. The van der Waals surface area contributed by atoms with Crippen LogP contribution in [0.15, 0.2) is 158 Å². The molecular weight excluding hydrogens is 645 g/mol. The van der Waals surface area contributed by atoms with E-state index in [1.54, 1.807) is 0 Å². The second kappa shape index (κ2) is 10.9. The van der Waals surface area contributed by atoms with Crippen molar-refractivity contribution in [3.63, 3.8) is 0 Å². The van der Waals surface area contributed by atoms with Gasteiger partial charge in [0, 0.05) is 47.6 Å². The average Bonchev–Trinajstić information content (AvgIpc) is 3.74. The molecule has 7 aromatic carbocycles. The first-order valence-corrected chi connectivity index (χ1v) is 17.8. The van der Waals surface area contributed by atoms with Gasteiger partial charge in [-0.1, -0.05) is 103 Å². The van der Waals surface area contributed by atoms with Gasteiger partial charge in [0.25, 0.3) is 0 Å². The quantitative estimate of drug-likeness (QED) is 0.187. The van der Waals surface area contributed by atoms with Crippen LogP contribution in [-0.4, -0.2) is 19.5 Å². The van der Waals surface area contributed by atoms with Gasteiger partial charge in [-0.3, -0.25) is 0 Å². The first-order valence-electron chi connectivity index (χ1n) is 16.9. The topological polar surface area (TPSA) is 52.8 Å². The highest BCUT2D eigenvalue weighted by Gasteiger charge is 2.23. The van der Waals surface area contributed by atoms with Gasteiger partial charge in [-0.2, -0.15) is 0 Å². The van der Waals surface area contributed by atoms with E-state index >= 15 is 0 Å². The number of ether oxygens (including phenoxy) is 1. The van der Waals surface area contributed by atoms with Gasteiger partial charge in [0.2, 0.25) is 0 Å². The highest BCUT2D eigenvalue weighted by Crippen LogP contribution is 2.46. The van der Waals surface area contributed by atoms with Gasteiger partial charge >= 0.3 is 0 Å². The minimum absolute atomic E-state index is 0.660. The number of thiophene rings is 1. The summed E-state index contributed by atoms with van der Waals surface area (Å²) in [5.41, 5.74) is 8.63. The Morgan fingerprint density at radius 3 is 1.82 bits per heavy atom. The molecule has 51 heavy (non-hydrogen) atoms. The third-order valence-corrected chi connectivity index (χ3v) is 11.0. The maximum Gasteiger partial charge on any atom is 0.164 e. The van der Waals surface area contributed by atoms with Gasteiger partial charge in [0.05, 0.1) is 16.7 Å². The summed E-state index contributed by atoms with van der Waals surface area (Å²) in [4.78, 5) is 14.8. The fourth-order valence-electron chi connectivity index (χ4n) is 7.43. The lowest BCUT2D eigenvalue weighted by Crippen LogP contribution is -2.03. The predicted molar refractivity (Wildman–Crippen MR) is 209 cm³/mol. The standard InChI is InChI=1S/C45H26N4OS/c1-3-10-27(11-4-1)43-46-44(28-12-5-2-6-13-28)48-45(47-43)31-20-23-40-35(25-31)32-21-18-30(26-41(32)51-40)29-19-22-36-34(24-29)33-14-9-17-39-42(33)49(36)37-15-7-8-16-38(37)50-39/h1-26H. The molecule has 0 unspecified atom stereocenters. The number of rotatable bonds is 4. The van der Waals surface area contributed by atoms with Crippen LogP contribution in [-0.2, 0) is 0 Å². The number of hydrogen-bond donors (Lipinski definition) is 0. The Morgan fingerprint density at radius 1 is 0.412 bits per heavy atom. The van der Waals surface area contributed by atoms with Gasteiger partial charge in [-0.25, -0.2) is 15.0 Å². The number of hydrogen-bond acceptors (Lipinski definition) is 5. The molecule has 4 heterocycles. The van der Waals surface area contributed by atoms with Crippen LogP contribution >= 0.6 is 11.3 Å². The smallest absolute Gasteiger partial charge is 0.164 e. The number of benzene rings is 7. The molecule has 0 radical (unpaired) electrons. The van der Waals surface area contributed by atoms with Crippen LogP contribution in [0, 0.1) is 0 Å². The zero-order chi connectivity index (χ0) is 33.5. The Bertz CT molecular complexity index is 2940. The summed E-state index contributed by atoms with van der Waals surface area (Å²) in [6.45, 7) is 0. The summed E-state index contributed by atoms with van der Waals surface area (Å²) in [6, 6.07) is 55.0. The molecule has 5 nitrogen and oxygen atoms in total. The molecule has 1 aliphatic heterocycles. The van der Waals surface area contributed by atoms with Crippen molar-refractivity contribution >= 4 is 53.3 Å². The Morgan fingerprint density at radius 2 is 1.04 bits per heavy atom. The van der Waals surface area contributed by atoms with E-state index in [4.69, 9.17) is 19.7 Å². The van der Waals surface area contributed by atoms with Crippen molar-refractivity contribution in [2.75, 3.05) is 0 Å². The van der Waals surface area contributed by atoms with Crippen molar-refractivity contribution in [2.45, 2.75) is 0 Å². The van der Waals surface area contributed by atoms with Crippen LogP contribution < -0.4 is 4.74 Å². The second-order valence-electron chi connectivity index (χ2n) is 12.9. The van der Waals surface area contributed by atoms with Gasteiger partial charge in [0.1, 0.15) is 0 Å². The summed E-state index contributed by atoms with van der Waals surface area (Å²) in [5, 5.41) is 4.83. The monoisotopic (exact) mass is 670 g/mol. The van der Waals surface area contributed by atoms with Gasteiger partial charge in [-0.15, -0.1) is 11.3 Å². The maximum atomic E-state index is 6.33. The largest absolute Gasteiger partial charge is 0.453 e. The molecule has 11 rings (SSSR count). The van der Waals surface area contributed by atoms with E-state index in [1.165, 1.54) is 47.6 Å². The Kier molecular flexibility index (Phi) is 6.05. The average molecular weight is 671 g/mol. The zero-order valence-electron chi connectivity index (χ0n) is 27.1. The number of nitrogens with zero attached hydrogens (tertiary/aromatic N) is 4. The van der Waals surface area contributed by atoms with Crippen molar-refractivity contribution < 1.29 is 4.74 Å². The van der Waals surface area contributed by atoms with E-state index in [2.05, 4.69) is 89.5 Å². The molecule has 1 aliphatic rings. The summed E-state index contributed by atoms with van der Waals surface area (Å²) in [5.74, 6) is 3.75. The van der Waals surface area contributed by atoms with Crippen LogP contribution in [0.4, 0.5) is 0 Å². The Hall–Kier alpha value is -6.63. The summed E-state index contributed by atoms with van der Waals surface area (Å²) >= 11 is 1.82. The SMILES string of the molecule is c1ccc(-c2nc(-c3ccccc3)nc(-c3ccc4sc5cc(-c6ccc7c(c6)c6cccc8c6n7-c6ccccc6O8)ccc5c4c3)n2)cc1. The number of para-hydroxylation sites is 3. The Labute approximate surface area is 296 Å². The molecule has 0 saturated heterocycles. The van der Waals surface area contributed by atoms with Crippen LogP contribution in [0.2, 0.25) is 0 Å². The minimum atomic E-state index is 0.660. The van der Waals surface area contributed by atoms with Gasteiger partial charge in [0.15, 0.2) is 29.0 Å². The highest BCUT2D eigenvalue weighted by molar-refractivity contribution is 7.25. The summed E-state index contributed by atoms with van der Waals surface area (Å²) < 4.78 is 11.1. The van der Waals surface area contributed by atoms with Gasteiger partial charge < -0.3 is 9.30 Å². The van der Waals surface area contributed by atoms with E-state index < -0.39 is 0 Å². The number of fused-ring (bicyclic) bond motifs is 8. The van der Waals surface area contributed by atoms with Crippen molar-refractivity contribution in [1.82, 2.24) is 19.5 Å². The van der Waals surface area contributed by atoms with Crippen LogP contribution in [0.3, 0.4) is 0 Å². The molecule has 238 valence electrons. The first-order chi connectivity index (χ1) is 25.2. The normalized spacial score (nSPS) is 12.1. The molecule has 3 aromatic heterocycles. The molecule has 0 aliphatic carbocycles. The van der Waals surface area contributed by atoms with Crippen molar-refractivity contribution in [3.8, 4) is 62.5 Å². The molecule has 10 aromatic rings. The summed E-state index contributed by atoms with van der Waals surface area (Å²) in [6.07, 6.45) is 0. The molecule has 0 atom stereocenters. The molecular formula is C45H26N4OS. The molecule has 0 bridgehead atoms. The molecule has 0 fully saturated rings. The maximum absolute atomic E-state index is 6.33. The van der Waals surface area contributed by atoms with E-state index in [0.717, 1.165) is 39.4 Å². The molecule has 6 heteroatoms. The van der Waals surface area contributed by atoms with Crippen LogP contribution in [0.5, 0.6) is 11.5 Å². The van der Waals surface area contributed by atoms with E-state index in [-0.39, 0.29) is 0 Å². The first kappa shape index (κ1) is 28.2. The third kappa shape index (κ3) is 4.43. The zero-order valence-corrected chi connectivity index (χ0v) is 27.9. The van der Waals surface area contributed by atoms with Crippen LogP contribution in [0.1, 0.15) is 0 Å². The lowest BCUT2D eigenvalue weighted by atomic mass is 10.0. The lowest BCUT2D eigenvalue weighted by Gasteiger charge is -2.20. The van der Waals surface area contributed by atoms with Crippen molar-refractivity contribution in [2.24, 2.45) is 0 Å². The molecule has 0 amide bonds. The fraction of sp³-hybridized carbons (Fsp3) is 0. The third-order valence-electron chi connectivity index (χ3n) is 9.84. The second-order valence-corrected chi connectivity index (χ2v) is 13.9. The molecule has 0 spiro atoms. The fourth-order valence-corrected chi connectivity index (χ4v) is 8.56. The van der Waals surface area contributed by atoms with Crippen molar-refractivity contribution in [1.29, 1.82) is 0 Å². The van der Waals surface area contributed by atoms with Crippen LogP contribution in [0.25, 0.3) is 93.0 Å². The highest BCUT2D eigenvalue weighted by atomic mass is 32.1. The summed E-state index contributed by atoms with van der Waals surface area (Å²) in [7, 11) is 0. The Balaban J connectivity index is 1.02. The minimum Gasteiger partial charge on any atom is -0.453 e. The van der Waals surface area contributed by atoms with Gasteiger partial charge in [-0.05, 0) is 65.7 Å². The molecule has 0 saturated carbocycles. The predicted octanol–water partition coefficient (Wildman–Crippen LogP) is 12.1. The van der Waals surface area contributed by atoms with Crippen molar-refractivity contribution in [3.05, 3.63) is 158 Å².